The fraction of sp³-hybridized carbons (Fsp3) is 0.400. The fourth-order valence-electron chi connectivity index (χ4n) is 9.03. The molecule has 0 aliphatic heterocycles. The van der Waals surface area contributed by atoms with E-state index in [-0.39, 0.29) is 20.1 Å². The third-order valence-electron chi connectivity index (χ3n) is 11.7. The van der Waals surface area contributed by atoms with Gasteiger partial charge in [0.15, 0.2) is 0 Å². The molecule has 4 aliphatic rings. The number of hydrogen-bond acceptors (Lipinski definition) is 4. The summed E-state index contributed by atoms with van der Waals surface area (Å²) in [6.45, 7) is 9.27. The number of aryl methyl sites for hydroxylation is 1. The number of fused-ring (bicyclic) bond motifs is 6. The Kier molecular flexibility index (Phi) is 10.8. The normalized spacial score (nSPS) is 20.3. The van der Waals surface area contributed by atoms with Gasteiger partial charge in [0.2, 0.25) is 5.71 Å². The van der Waals surface area contributed by atoms with E-state index in [0.29, 0.717) is 5.71 Å². The molecule has 0 spiro atoms. The minimum Gasteiger partial charge on any atom is -0.486 e. The smallest absolute Gasteiger partial charge is 0.216 e. The number of furan rings is 1. The van der Waals surface area contributed by atoms with Gasteiger partial charge in [-0.15, -0.1) is 59.7 Å². The SMILES string of the molecule is C[Si](C)(C)c1cnc(-c2[c-]cccc2)cc1C1CCCC1.Cc1ccc2c(n1)oc1c[c-]c(-c3cc(CC4CC5CCC4CC5)ccn3)cc12.[Ir]. The average Bonchev–Trinajstić information content (AvgIpc) is 3.80. The second-order valence-electron chi connectivity index (χ2n) is 16.2. The molecule has 0 amide bonds. The van der Waals surface area contributed by atoms with Gasteiger partial charge in [0.05, 0.1) is 13.7 Å². The summed E-state index contributed by atoms with van der Waals surface area (Å²) < 4.78 is 5.91. The van der Waals surface area contributed by atoms with Crippen molar-refractivity contribution in [2.75, 3.05) is 0 Å². The van der Waals surface area contributed by atoms with Crippen molar-refractivity contribution in [3.63, 3.8) is 0 Å². The average molecular weight is 868 g/mol. The summed E-state index contributed by atoms with van der Waals surface area (Å²) in [5.41, 5.74) is 9.69. The molecule has 51 heavy (non-hydrogen) atoms. The van der Waals surface area contributed by atoms with Gasteiger partial charge in [0.1, 0.15) is 0 Å². The zero-order chi connectivity index (χ0) is 34.2. The van der Waals surface area contributed by atoms with Gasteiger partial charge in [-0.25, -0.2) is 4.98 Å². The van der Waals surface area contributed by atoms with Gasteiger partial charge >= 0.3 is 0 Å². The number of rotatable bonds is 6. The molecule has 4 saturated carbocycles. The molecule has 10 rings (SSSR count). The van der Waals surface area contributed by atoms with Crippen molar-refractivity contribution < 1.29 is 24.5 Å². The molecule has 2 aromatic carbocycles. The number of aromatic nitrogens is 3. The van der Waals surface area contributed by atoms with E-state index in [0.717, 1.165) is 68.2 Å². The number of nitrogens with zero attached hydrogens (tertiary/aromatic N) is 3. The Labute approximate surface area is 318 Å². The van der Waals surface area contributed by atoms with Gasteiger partial charge in [0.25, 0.3) is 0 Å². The van der Waals surface area contributed by atoms with Crippen LogP contribution in [0.2, 0.25) is 19.6 Å². The van der Waals surface area contributed by atoms with Gasteiger partial charge in [-0.2, -0.15) is 0 Å². The van der Waals surface area contributed by atoms with Crippen molar-refractivity contribution >= 4 is 35.3 Å². The molecule has 1 radical (unpaired) electrons. The molecule has 6 aromatic rings. The maximum Gasteiger partial charge on any atom is 0.216 e. The van der Waals surface area contributed by atoms with E-state index < -0.39 is 8.07 Å². The van der Waals surface area contributed by atoms with E-state index in [4.69, 9.17) is 9.40 Å². The second kappa shape index (κ2) is 15.3. The van der Waals surface area contributed by atoms with Gasteiger partial charge in [-0.05, 0) is 104 Å². The summed E-state index contributed by atoms with van der Waals surface area (Å²) in [5.74, 6) is 3.52. The van der Waals surface area contributed by atoms with Crippen LogP contribution in [-0.2, 0) is 26.5 Å². The molecule has 1 atom stereocenters. The molecular weight excluding hydrogens is 819 g/mol. The summed E-state index contributed by atoms with van der Waals surface area (Å²) in [6, 6.07) is 29.9. The Hall–Kier alpha value is -3.44. The third kappa shape index (κ3) is 7.84. The maximum atomic E-state index is 5.91. The summed E-state index contributed by atoms with van der Waals surface area (Å²) >= 11 is 0. The van der Waals surface area contributed by atoms with Crippen LogP contribution < -0.4 is 5.19 Å². The zero-order valence-corrected chi connectivity index (χ0v) is 33.9. The summed E-state index contributed by atoms with van der Waals surface area (Å²) in [6.07, 6.45) is 18.0. The van der Waals surface area contributed by atoms with Gasteiger partial charge < -0.3 is 14.4 Å². The molecule has 4 aliphatic carbocycles. The molecule has 4 aromatic heterocycles. The first-order chi connectivity index (χ1) is 24.3. The Morgan fingerprint density at radius 3 is 2.35 bits per heavy atom. The van der Waals surface area contributed by atoms with Gasteiger partial charge in [-0.1, -0.05) is 74.0 Å². The van der Waals surface area contributed by atoms with Crippen molar-refractivity contribution in [2.24, 2.45) is 17.8 Å². The van der Waals surface area contributed by atoms with E-state index >= 15 is 0 Å². The molecule has 4 fully saturated rings. The molecule has 265 valence electrons. The van der Waals surface area contributed by atoms with E-state index in [2.05, 4.69) is 90.4 Å². The third-order valence-corrected chi connectivity index (χ3v) is 13.8. The number of hydrogen-bond donors (Lipinski definition) is 0. The molecule has 6 heteroatoms. The van der Waals surface area contributed by atoms with Crippen LogP contribution >= 0.6 is 0 Å². The second-order valence-corrected chi connectivity index (χ2v) is 21.3. The molecule has 4 nitrogen and oxygen atoms in total. The molecule has 2 bridgehead atoms. The van der Waals surface area contributed by atoms with Crippen molar-refractivity contribution in [2.45, 2.75) is 96.7 Å². The first-order valence-electron chi connectivity index (χ1n) is 18.9. The van der Waals surface area contributed by atoms with E-state index in [1.165, 1.54) is 69.8 Å². The van der Waals surface area contributed by atoms with E-state index in [1.807, 2.05) is 37.4 Å². The summed E-state index contributed by atoms with van der Waals surface area (Å²) in [5, 5.41) is 3.68. The first-order valence-corrected chi connectivity index (χ1v) is 22.4. The Morgan fingerprint density at radius 1 is 0.824 bits per heavy atom. The molecule has 4 heterocycles. The van der Waals surface area contributed by atoms with Crippen molar-refractivity contribution in [3.8, 4) is 22.5 Å². The minimum absolute atomic E-state index is 0. The van der Waals surface area contributed by atoms with Crippen LogP contribution in [0.1, 0.15) is 80.5 Å². The molecular formula is C45H49IrN3OSi-2. The minimum atomic E-state index is -1.34. The van der Waals surface area contributed by atoms with E-state index in [1.54, 1.807) is 10.8 Å². The van der Waals surface area contributed by atoms with Crippen molar-refractivity contribution in [1.29, 1.82) is 0 Å². The van der Waals surface area contributed by atoms with Crippen LogP contribution in [-0.4, -0.2) is 23.0 Å². The largest absolute Gasteiger partial charge is 0.486 e. The van der Waals surface area contributed by atoms with Crippen LogP contribution in [0.5, 0.6) is 0 Å². The molecule has 1 unspecified atom stereocenters. The fourth-order valence-corrected chi connectivity index (χ4v) is 10.6. The van der Waals surface area contributed by atoms with Crippen LogP contribution in [0.3, 0.4) is 0 Å². The van der Waals surface area contributed by atoms with Crippen molar-refractivity contribution in [3.05, 3.63) is 108 Å². The van der Waals surface area contributed by atoms with Crippen LogP contribution in [0, 0.1) is 36.8 Å². The monoisotopic (exact) mass is 868 g/mol. The Bertz CT molecular complexity index is 2110. The first kappa shape index (κ1) is 35.9. The maximum absolute atomic E-state index is 5.91. The predicted octanol–water partition coefficient (Wildman–Crippen LogP) is 11.3. The van der Waals surface area contributed by atoms with Crippen molar-refractivity contribution in [1.82, 2.24) is 15.0 Å². The van der Waals surface area contributed by atoms with E-state index in [9.17, 15) is 0 Å². The quantitative estimate of drug-likeness (QED) is 0.124. The summed E-state index contributed by atoms with van der Waals surface area (Å²) in [7, 11) is -1.34. The predicted molar refractivity (Wildman–Crippen MR) is 208 cm³/mol. The van der Waals surface area contributed by atoms with Gasteiger partial charge in [-0.3, -0.25) is 0 Å². The zero-order valence-electron chi connectivity index (χ0n) is 30.5. The van der Waals surface area contributed by atoms with Crippen LogP contribution in [0.15, 0.2) is 83.5 Å². The van der Waals surface area contributed by atoms with Crippen LogP contribution in [0.25, 0.3) is 44.6 Å². The standard InChI is InChI=1S/C26H25N2O.C19H24NSi.Ir/c1-16-2-8-22-23-15-20(7-9-25(23)29-26(22)28-16)24-14-18(10-11-27-24)13-21-12-17-3-5-19(21)6-4-17;1-21(2,3)19-14-20-18(16-11-5-4-6-12-16)13-17(19)15-9-7-8-10-15;/h2,8-11,14-15,17,19,21H,3-6,12-13H2,1H3;4-6,11,13-15H,7-10H2,1-3H3;/q2*-1;. The molecule has 0 N–H and O–H groups in total. The topological polar surface area (TPSA) is 51.8 Å². The molecule has 0 saturated heterocycles. The summed E-state index contributed by atoms with van der Waals surface area (Å²) in [4.78, 5) is 13.9. The Balaban J connectivity index is 0.000000165. The van der Waals surface area contributed by atoms with Crippen LogP contribution in [0.4, 0.5) is 0 Å². The van der Waals surface area contributed by atoms with Gasteiger partial charge in [0, 0.05) is 43.6 Å². The number of benzene rings is 2. The Morgan fingerprint density at radius 2 is 1.63 bits per heavy atom. The number of pyridine rings is 3.